The third kappa shape index (κ3) is 3.43. The van der Waals surface area contributed by atoms with Crippen molar-refractivity contribution in [1.29, 1.82) is 0 Å². The summed E-state index contributed by atoms with van der Waals surface area (Å²) in [6, 6.07) is 12.8. The van der Waals surface area contributed by atoms with Gasteiger partial charge in [0.05, 0.1) is 16.6 Å². The Kier molecular flexibility index (Phi) is 5.89. The molecule has 4 nitrogen and oxygen atoms in total. The van der Waals surface area contributed by atoms with Gasteiger partial charge in [-0.1, -0.05) is 56.3 Å². The Balaban J connectivity index is 1.21. The van der Waals surface area contributed by atoms with Gasteiger partial charge in [-0.15, -0.1) is 11.3 Å². The van der Waals surface area contributed by atoms with E-state index in [1.54, 1.807) is 11.3 Å². The number of rotatable bonds is 4. The van der Waals surface area contributed by atoms with E-state index < -0.39 is 5.60 Å². The number of β-amino-alcohol motifs (C(OH)–C–C–N with tert-alkyl or cyclic N) is 1. The van der Waals surface area contributed by atoms with E-state index in [0.29, 0.717) is 18.9 Å². The molecular weight excluding hydrogens is 538 g/mol. The molecule has 1 aromatic heterocycles. The molecule has 222 valence electrons. The first kappa shape index (κ1) is 27.5. The van der Waals surface area contributed by atoms with Crippen LogP contribution < -0.4 is 0 Å². The van der Waals surface area contributed by atoms with Gasteiger partial charge in [-0.3, -0.25) is 9.69 Å². The Morgan fingerprint density at radius 2 is 1.71 bits per heavy atom. The molecule has 1 aliphatic heterocycles. The molecule has 2 spiro atoms. The highest BCUT2D eigenvalue weighted by Crippen LogP contribution is 2.78. The van der Waals surface area contributed by atoms with Crippen molar-refractivity contribution in [2.24, 2.45) is 33.5 Å². The first-order valence-electron chi connectivity index (χ1n) is 16.3. The fourth-order valence-electron chi connectivity index (χ4n) is 11.3. The van der Waals surface area contributed by atoms with Crippen molar-refractivity contribution in [3.8, 4) is 0 Å². The van der Waals surface area contributed by atoms with Gasteiger partial charge in [-0.25, -0.2) is 0 Å². The van der Waals surface area contributed by atoms with E-state index in [1.807, 2.05) is 6.07 Å². The Morgan fingerprint density at radius 1 is 0.976 bits per heavy atom. The summed E-state index contributed by atoms with van der Waals surface area (Å²) in [6.45, 7) is 9.48. The lowest BCUT2D eigenvalue weighted by Gasteiger charge is -2.71. The number of aliphatic hydroxyl groups is 2. The van der Waals surface area contributed by atoms with Gasteiger partial charge in [-0.05, 0) is 98.8 Å². The maximum Gasteiger partial charge on any atom is 0.199 e. The normalized spacial score (nSPS) is 43.7. The summed E-state index contributed by atoms with van der Waals surface area (Å²) in [7, 11) is 0. The predicted molar refractivity (Wildman–Crippen MR) is 167 cm³/mol. The molecule has 0 saturated heterocycles. The highest BCUT2D eigenvalue weighted by molar-refractivity contribution is 7.14. The molecule has 9 rings (SSSR count). The minimum atomic E-state index is -0.791. The first-order valence-corrected chi connectivity index (χ1v) is 17.1. The molecule has 7 aliphatic rings. The maximum absolute atomic E-state index is 14.6. The number of aliphatic hydroxyl groups excluding tert-OH is 1. The number of Topliss-reactive ketones (excluding diaryl/α,β-unsaturated/α-hetero) is 1. The third-order valence-electron chi connectivity index (χ3n) is 13.6. The molecule has 1 aromatic carbocycles. The number of nitrogens with zero attached hydrogens (tertiary/aromatic N) is 1. The Morgan fingerprint density at radius 3 is 2.50 bits per heavy atom. The molecule has 0 amide bonds. The Labute approximate surface area is 254 Å². The molecular formula is C37H45NO3S. The molecule has 2 aromatic rings. The summed E-state index contributed by atoms with van der Waals surface area (Å²) in [5, 5.41) is 23.6. The number of fused-ring (bicyclic) bond motifs is 2. The van der Waals surface area contributed by atoms with Gasteiger partial charge in [0.2, 0.25) is 0 Å². The number of hydrogen-bond acceptors (Lipinski definition) is 5. The first-order chi connectivity index (χ1) is 20.0. The fraction of sp³-hybridized carbons (Fsp3) is 0.595. The van der Waals surface area contributed by atoms with Crippen LogP contribution in [0.15, 0.2) is 60.2 Å². The molecule has 8 unspecified atom stereocenters. The van der Waals surface area contributed by atoms with Crippen molar-refractivity contribution < 1.29 is 15.0 Å². The van der Waals surface area contributed by atoms with E-state index in [9.17, 15) is 15.0 Å². The van der Waals surface area contributed by atoms with Gasteiger partial charge >= 0.3 is 0 Å². The van der Waals surface area contributed by atoms with Crippen LogP contribution in [0.5, 0.6) is 0 Å². The van der Waals surface area contributed by atoms with Crippen LogP contribution in [0.25, 0.3) is 0 Å². The smallest absolute Gasteiger partial charge is 0.199 e. The number of aryl methyl sites for hydroxylation is 1. The fourth-order valence-corrected chi connectivity index (χ4v) is 12.2. The number of thiophene rings is 1. The molecule has 2 N–H and O–H groups in total. The van der Waals surface area contributed by atoms with Crippen molar-refractivity contribution in [2.75, 3.05) is 13.1 Å². The number of carbonyl (C=O) groups is 1. The van der Waals surface area contributed by atoms with Gasteiger partial charge in [0.1, 0.15) is 0 Å². The van der Waals surface area contributed by atoms with E-state index >= 15 is 0 Å². The lowest BCUT2D eigenvalue weighted by atomic mass is 9.32. The number of hydrogen-bond donors (Lipinski definition) is 2. The second-order valence-electron chi connectivity index (χ2n) is 15.3. The highest BCUT2D eigenvalue weighted by Gasteiger charge is 2.74. The summed E-state index contributed by atoms with van der Waals surface area (Å²) in [5.74, 6) is 0.728. The monoisotopic (exact) mass is 583 g/mol. The van der Waals surface area contributed by atoms with Gasteiger partial charge in [-0.2, -0.15) is 0 Å². The van der Waals surface area contributed by atoms with Crippen molar-refractivity contribution in [3.05, 3.63) is 81.1 Å². The van der Waals surface area contributed by atoms with Crippen LogP contribution in [0.3, 0.4) is 0 Å². The van der Waals surface area contributed by atoms with Crippen LogP contribution in [-0.2, 0) is 13.0 Å². The molecule has 3 saturated carbocycles. The molecule has 6 aliphatic carbocycles. The minimum Gasteiger partial charge on any atom is -0.393 e. The van der Waals surface area contributed by atoms with Crippen LogP contribution in [0, 0.1) is 40.4 Å². The van der Waals surface area contributed by atoms with Crippen molar-refractivity contribution in [1.82, 2.24) is 4.90 Å². The molecule has 2 heterocycles. The van der Waals surface area contributed by atoms with Crippen LogP contribution >= 0.6 is 11.3 Å². The van der Waals surface area contributed by atoms with Crippen LogP contribution in [0.4, 0.5) is 0 Å². The molecule has 5 heteroatoms. The lowest BCUT2D eigenvalue weighted by Crippen LogP contribution is -2.67. The summed E-state index contributed by atoms with van der Waals surface area (Å²) >= 11 is 1.60. The highest BCUT2D eigenvalue weighted by atomic mass is 32.1. The molecule has 0 radical (unpaired) electrons. The Bertz CT molecular complexity index is 1520. The van der Waals surface area contributed by atoms with E-state index in [4.69, 9.17) is 0 Å². The molecule has 3 fully saturated rings. The number of allylic oxidation sites excluding steroid dienone is 4. The topological polar surface area (TPSA) is 60.8 Å². The maximum atomic E-state index is 14.6. The molecule has 42 heavy (non-hydrogen) atoms. The van der Waals surface area contributed by atoms with E-state index in [0.717, 1.165) is 73.4 Å². The van der Waals surface area contributed by atoms with Crippen molar-refractivity contribution in [2.45, 2.75) is 90.4 Å². The zero-order valence-corrected chi connectivity index (χ0v) is 26.2. The summed E-state index contributed by atoms with van der Waals surface area (Å²) in [6.07, 6.45) is 14.2. The summed E-state index contributed by atoms with van der Waals surface area (Å²) in [4.78, 5) is 19.0. The van der Waals surface area contributed by atoms with Gasteiger partial charge in [0.25, 0.3) is 0 Å². The second-order valence-corrected chi connectivity index (χ2v) is 16.6. The number of benzene rings is 1. The Hall–Kier alpha value is -2.05. The van der Waals surface area contributed by atoms with Gasteiger partial charge in [0, 0.05) is 46.3 Å². The minimum absolute atomic E-state index is 0.00867. The quantitative estimate of drug-likeness (QED) is 0.304. The van der Waals surface area contributed by atoms with Crippen molar-refractivity contribution >= 4 is 17.1 Å². The standard InChI is InChI=1S/C37H45NO3S/c1-24-8-9-29(42-24)32(40)28-21-35-17-18-37(28)30(33(35,2)14-10-27(39)20-35)11-15-34(3)31(37)12-16-36(34,41)23-38-19-13-25-6-4-5-7-26(25)22-38/h4-9,17-18,21,27,30-31,39,41H,10-16,19-20,22-23H2,1-3H3. The van der Waals surface area contributed by atoms with E-state index in [1.165, 1.54) is 11.1 Å². The average Bonchev–Trinajstić information content (AvgIpc) is 3.52. The average molecular weight is 584 g/mol. The van der Waals surface area contributed by atoms with E-state index in [2.05, 4.69) is 74.2 Å². The second kappa shape index (κ2) is 9.00. The SMILES string of the molecule is Cc1ccc(C(=O)C2=CC34C=CC25C(CCC2(C)C5CCC2(O)CN2CCc5ccccc5C2)C3(C)CCC(O)C4)s1. The third-order valence-corrected chi connectivity index (χ3v) is 14.6. The molecule has 2 bridgehead atoms. The predicted octanol–water partition coefficient (Wildman–Crippen LogP) is 6.89. The summed E-state index contributed by atoms with van der Waals surface area (Å²) in [5.41, 5.74) is 2.08. The van der Waals surface area contributed by atoms with Crippen LogP contribution in [0.2, 0.25) is 0 Å². The van der Waals surface area contributed by atoms with Crippen LogP contribution in [0.1, 0.15) is 84.5 Å². The van der Waals surface area contributed by atoms with E-state index in [-0.39, 0.29) is 39.5 Å². The van der Waals surface area contributed by atoms with Crippen LogP contribution in [-0.4, -0.2) is 45.7 Å². The largest absolute Gasteiger partial charge is 0.393 e. The van der Waals surface area contributed by atoms with Gasteiger partial charge < -0.3 is 10.2 Å². The van der Waals surface area contributed by atoms with Crippen molar-refractivity contribution in [3.63, 3.8) is 0 Å². The summed E-state index contributed by atoms with van der Waals surface area (Å²) < 4.78 is 0. The lowest BCUT2D eigenvalue weighted by molar-refractivity contribution is -0.176. The zero-order valence-electron chi connectivity index (χ0n) is 25.4. The van der Waals surface area contributed by atoms with Gasteiger partial charge in [0.15, 0.2) is 5.78 Å². The zero-order chi connectivity index (χ0) is 29.1. The number of ketones is 1. The molecule has 8 atom stereocenters. The number of carbonyl (C=O) groups excluding carboxylic acids is 1.